The highest BCUT2D eigenvalue weighted by atomic mass is 35.5. The number of para-hydroxylation sites is 2. The highest BCUT2D eigenvalue weighted by molar-refractivity contribution is 7.75. The summed E-state index contributed by atoms with van der Waals surface area (Å²) in [5.74, 6) is 1.38. The number of anilines is 2. The summed E-state index contributed by atoms with van der Waals surface area (Å²) in [5.41, 5.74) is 1.76. The molecule has 2 aromatic carbocycles. The summed E-state index contributed by atoms with van der Waals surface area (Å²) >= 11 is 4.39. The van der Waals surface area contributed by atoms with Crippen molar-refractivity contribution >= 4 is 34.3 Å². The van der Waals surface area contributed by atoms with Crippen LogP contribution in [-0.4, -0.2) is 35.7 Å². The molecule has 2 fully saturated rings. The fraction of sp³-hybridized carbons (Fsp3) is 0.294. The van der Waals surface area contributed by atoms with Crippen LogP contribution in [0.4, 0.5) is 11.4 Å². The van der Waals surface area contributed by atoms with Gasteiger partial charge in [0.2, 0.25) is 0 Å². The number of hydrogen-bond acceptors (Lipinski definition) is 6. The fourth-order valence-corrected chi connectivity index (χ4v) is 4.51. The number of halogens is 1. The van der Waals surface area contributed by atoms with Crippen molar-refractivity contribution in [2.24, 2.45) is 0 Å². The molecule has 130 valence electrons. The maximum atomic E-state index is 11.7. The van der Waals surface area contributed by atoms with Gasteiger partial charge in [0.15, 0.2) is 11.5 Å². The van der Waals surface area contributed by atoms with Crippen LogP contribution < -0.4 is 9.64 Å². The second kappa shape index (κ2) is 5.96. The Labute approximate surface area is 152 Å². The normalized spacial score (nSPS) is 30.2. The number of benzene rings is 2. The van der Waals surface area contributed by atoms with E-state index in [1.165, 1.54) is 0 Å². The third-order valence-corrected chi connectivity index (χ3v) is 5.58. The summed E-state index contributed by atoms with van der Waals surface area (Å²) in [5, 5.41) is 0.595. The molecular formula is C17H14ClNO5S. The first kappa shape index (κ1) is 15.6. The van der Waals surface area contributed by atoms with Crippen molar-refractivity contribution in [1.82, 2.24) is 0 Å². The first-order valence-corrected chi connectivity index (χ1v) is 9.28. The molecule has 2 saturated heterocycles. The van der Waals surface area contributed by atoms with Crippen LogP contribution in [0.1, 0.15) is 0 Å². The van der Waals surface area contributed by atoms with E-state index in [4.69, 9.17) is 29.4 Å². The second-order valence-electron chi connectivity index (χ2n) is 6.06. The smallest absolute Gasteiger partial charge is 0.305 e. The first-order chi connectivity index (χ1) is 12.2. The molecule has 25 heavy (non-hydrogen) atoms. The van der Waals surface area contributed by atoms with Gasteiger partial charge in [-0.3, -0.25) is 8.37 Å². The lowest BCUT2D eigenvalue weighted by atomic mass is 9.99. The van der Waals surface area contributed by atoms with Gasteiger partial charge in [-0.1, -0.05) is 23.7 Å². The molecule has 3 aliphatic heterocycles. The average Bonchev–Trinajstić information content (AvgIpc) is 3.00. The quantitative estimate of drug-likeness (QED) is 0.757. The van der Waals surface area contributed by atoms with Crippen molar-refractivity contribution in [2.45, 2.75) is 18.2 Å². The lowest BCUT2D eigenvalue weighted by molar-refractivity contribution is -0.0329. The highest BCUT2D eigenvalue weighted by Gasteiger charge is 2.48. The zero-order valence-corrected chi connectivity index (χ0v) is 14.5. The SMILES string of the molecule is O=S1O[C@H]2[C@H](COC[C@@H]2N2c3ccccc3Oc3cc(Cl)ccc32)O1. The van der Waals surface area contributed by atoms with Gasteiger partial charge in [0.25, 0.3) is 0 Å². The molecule has 6 nitrogen and oxygen atoms in total. The largest absolute Gasteiger partial charge is 0.453 e. The molecule has 3 aliphatic rings. The Bertz CT molecular complexity index is 863. The summed E-state index contributed by atoms with van der Waals surface area (Å²) in [6.07, 6.45) is -0.713. The van der Waals surface area contributed by atoms with E-state index in [1.54, 1.807) is 6.07 Å². The molecule has 0 radical (unpaired) electrons. The Morgan fingerprint density at radius 3 is 2.80 bits per heavy atom. The molecule has 0 N–H and O–H groups in total. The van der Waals surface area contributed by atoms with Crippen molar-refractivity contribution in [3.8, 4) is 11.5 Å². The zero-order valence-electron chi connectivity index (χ0n) is 13.0. The second-order valence-corrected chi connectivity index (χ2v) is 7.29. The van der Waals surface area contributed by atoms with Gasteiger partial charge in [-0.05, 0) is 24.3 Å². The van der Waals surface area contributed by atoms with Crippen LogP contribution in [0.3, 0.4) is 0 Å². The zero-order chi connectivity index (χ0) is 17.0. The molecule has 0 saturated carbocycles. The van der Waals surface area contributed by atoms with Crippen molar-refractivity contribution < 1.29 is 22.0 Å². The molecule has 4 atom stereocenters. The maximum absolute atomic E-state index is 11.7. The monoisotopic (exact) mass is 379 g/mol. The van der Waals surface area contributed by atoms with Crippen molar-refractivity contribution in [3.63, 3.8) is 0 Å². The van der Waals surface area contributed by atoms with Gasteiger partial charge in [0.05, 0.1) is 30.6 Å². The van der Waals surface area contributed by atoms with Gasteiger partial charge in [-0.2, -0.15) is 4.21 Å². The van der Waals surface area contributed by atoms with E-state index in [2.05, 4.69) is 4.90 Å². The van der Waals surface area contributed by atoms with Crippen LogP contribution in [0.15, 0.2) is 42.5 Å². The van der Waals surface area contributed by atoms with E-state index in [0.717, 1.165) is 17.1 Å². The van der Waals surface area contributed by atoms with Crippen LogP contribution in [0, 0.1) is 0 Å². The van der Waals surface area contributed by atoms with Crippen LogP contribution in [-0.2, 0) is 24.5 Å². The lowest BCUT2D eigenvalue weighted by Crippen LogP contribution is -2.54. The van der Waals surface area contributed by atoms with Gasteiger partial charge >= 0.3 is 11.4 Å². The van der Waals surface area contributed by atoms with E-state index in [0.29, 0.717) is 24.0 Å². The summed E-state index contributed by atoms with van der Waals surface area (Å²) in [6.45, 7) is 0.796. The van der Waals surface area contributed by atoms with Crippen molar-refractivity contribution in [2.75, 3.05) is 18.1 Å². The topological polar surface area (TPSA) is 57.2 Å². The van der Waals surface area contributed by atoms with Crippen molar-refractivity contribution in [3.05, 3.63) is 47.5 Å². The first-order valence-electron chi connectivity index (χ1n) is 7.90. The molecule has 0 aromatic heterocycles. The van der Waals surface area contributed by atoms with E-state index >= 15 is 0 Å². The highest BCUT2D eigenvalue weighted by Crippen LogP contribution is 2.49. The Hall–Kier alpha value is -1.64. The summed E-state index contributed by atoms with van der Waals surface area (Å²) in [7, 11) is 0. The number of ether oxygens (including phenoxy) is 2. The van der Waals surface area contributed by atoms with Crippen LogP contribution in [0.5, 0.6) is 11.5 Å². The van der Waals surface area contributed by atoms with E-state index in [1.807, 2.05) is 36.4 Å². The standard InChI is InChI=1S/C17H14ClNO5S/c18-10-5-6-12-15(7-10)22-14-4-2-1-3-11(14)19(12)13-8-21-9-16-17(13)24-25(20)23-16/h1-7,13,16-17H,8-9H2/t13-,16-,17+,25?/m0/s1. The maximum Gasteiger partial charge on any atom is 0.305 e. The number of nitrogens with zero attached hydrogens (tertiary/aromatic N) is 1. The van der Waals surface area contributed by atoms with Crippen molar-refractivity contribution in [1.29, 1.82) is 0 Å². The fourth-order valence-electron chi connectivity index (χ4n) is 3.50. The molecule has 2 aromatic rings. The van der Waals surface area contributed by atoms with E-state index in [9.17, 15) is 4.21 Å². The molecular weight excluding hydrogens is 366 g/mol. The van der Waals surface area contributed by atoms with Gasteiger partial charge in [0, 0.05) is 11.1 Å². The minimum Gasteiger partial charge on any atom is -0.453 e. The Kier molecular flexibility index (Phi) is 3.72. The molecule has 3 heterocycles. The number of fused-ring (bicyclic) bond motifs is 3. The van der Waals surface area contributed by atoms with Crippen LogP contribution in [0.2, 0.25) is 5.02 Å². The minimum atomic E-state index is -1.75. The Morgan fingerprint density at radius 1 is 1.04 bits per heavy atom. The third kappa shape index (κ3) is 2.54. The van der Waals surface area contributed by atoms with Gasteiger partial charge < -0.3 is 14.4 Å². The van der Waals surface area contributed by atoms with Crippen LogP contribution in [0.25, 0.3) is 0 Å². The number of hydrogen-bond donors (Lipinski definition) is 0. The summed E-state index contributed by atoms with van der Waals surface area (Å²) < 4.78 is 34.3. The molecule has 0 amide bonds. The summed E-state index contributed by atoms with van der Waals surface area (Å²) in [4.78, 5) is 2.10. The van der Waals surface area contributed by atoms with Gasteiger partial charge in [-0.15, -0.1) is 0 Å². The molecule has 5 rings (SSSR count). The molecule has 0 bridgehead atoms. The van der Waals surface area contributed by atoms with Crippen LogP contribution >= 0.6 is 11.6 Å². The van der Waals surface area contributed by atoms with E-state index < -0.39 is 11.4 Å². The Balaban J connectivity index is 1.64. The molecule has 1 unspecified atom stereocenters. The lowest BCUT2D eigenvalue weighted by Gasteiger charge is -2.42. The average molecular weight is 380 g/mol. The molecule has 0 spiro atoms. The minimum absolute atomic E-state index is 0.199. The third-order valence-electron chi connectivity index (χ3n) is 4.57. The Morgan fingerprint density at radius 2 is 1.88 bits per heavy atom. The van der Waals surface area contributed by atoms with Gasteiger partial charge in [-0.25, -0.2) is 0 Å². The van der Waals surface area contributed by atoms with E-state index in [-0.39, 0.29) is 18.2 Å². The summed E-state index contributed by atoms with van der Waals surface area (Å²) in [6, 6.07) is 13.0. The number of rotatable bonds is 1. The molecule has 8 heteroatoms. The predicted molar refractivity (Wildman–Crippen MR) is 92.6 cm³/mol. The van der Waals surface area contributed by atoms with Gasteiger partial charge in [0.1, 0.15) is 12.2 Å². The molecule has 0 aliphatic carbocycles. The predicted octanol–water partition coefficient (Wildman–Crippen LogP) is 3.35.